The smallest absolute Gasteiger partial charge is 0.0661 e. The lowest BCUT2D eigenvalue weighted by Crippen LogP contribution is -2.20. The van der Waals surface area contributed by atoms with E-state index in [1.54, 1.807) is 7.11 Å². The van der Waals surface area contributed by atoms with Gasteiger partial charge >= 0.3 is 0 Å². The van der Waals surface area contributed by atoms with E-state index >= 15 is 0 Å². The number of hydrogen-bond donors (Lipinski definition) is 1. The van der Waals surface area contributed by atoms with E-state index < -0.39 is 0 Å². The maximum atomic E-state index is 5.10. The third-order valence-electron chi connectivity index (χ3n) is 2.58. The molecule has 0 aliphatic rings. The fraction of sp³-hybridized carbons (Fsp3) is 0.286. The van der Waals surface area contributed by atoms with Crippen molar-refractivity contribution in [2.24, 2.45) is 0 Å². The monoisotopic (exact) mass is 215 g/mol. The van der Waals surface area contributed by atoms with Gasteiger partial charge in [0.1, 0.15) is 0 Å². The van der Waals surface area contributed by atoms with Crippen molar-refractivity contribution in [1.82, 2.24) is 0 Å². The van der Waals surface area contributed by atoms with Crippen molar-refractivity contribution in [1.29, 1.82) is 0 Å². The Kier molecular flexibility index (Phi) is 3.42. The van der Waals surface area contributed by atoms with Crippen LogP contribution in [0.1, 0.15) is 6.92 Å². The molecule has 16 heavy (non-hydrogen) atoms. The van der Waals surface area contributed by atoms with Crippen LogP contribution in [0.25, 0.3) is 10.8 Å². The molecule has 0 spiro atoms. The molecule has 2 aromatic carbocycles. The molecule has 0 heterocycles. The molecule has 0 saturated heterocycles. The van der Waals surface area contributed by atoms with E-state index in [0.717, 1.165) is 5.69 Å². The van der Waals surface area contributed by atoms with E-state index in [4.69, 9.17) is 4.74 Å². The molecular weight excluding hydrogens is 198 g/mol. The van der Waals surface area contributed by atoms with Gasteiger partial charge in [-0.15, -0.1) is 0 Å². The van der Waals surface area contributed by atoms with Crippen molar-refractivity contribution < 1.29 is 4.74 Å². The molecule has 2 rings (SSSR count). The number of fused-ring (bicyclic) bond motifs is 1. The molecule has 1 N–H and O–H groups in total. The summed E-state index contributed by atoms with van der Waals surface area (Å²) < 4.78 is 5.10. The summed E-state index contributed by atoms with van der Waals surface area (Å²) in [6.45, 7) is 2.82. The Morgan fingerprint density at radius 1 is 1.12 bits per heavy atom. The van der Waals surface area contributed by atoms with Crippen LogP contribution >= 0.6 is 0 Å². The highest BCUT2D eigenvalue weighted by Crippen LogP contribution is 2.19. The average Bonchev–Trinajstić information content (AvgIpc) is 2.29. The van der Waals surface area contributed by atoms with Crippen LogP contribution in [-0.4, -0.2) is 19.8 Å². The third-order valence-corrected chi connectivity index (χ3v) is 2.58. The van der Waals surface area contributed by atoms with Crippen LogP contribution in [0.15, 0.2) is 42.5 Å². The first kappa shape index (κ1) is 11.0. The first-order valence-electron chi connectivity index (χ1n) is 5.54. The first-order chi connectivity index (χ1) is 7.79. The van der Waals surface area contributed by atoms with E-state index in [1.165, 1.54) is 10.8 Å². The Bertz CT molecular complexity index is 467. The van der Waals surface area contributed by atoms with Gasteiger partial charge in [-0.25, -0.2) is 0 Å². The summed E-state index contributed by atoms with van der Waals surface area (Å²) in [5.74, 6) is 0. The summed E-state index contributed by atoms with van der Waals surface area (Å²) in [5, 5.41) is 5.94. The molecular formula is C14H17NO. The topological polar surface area (TPSA) is 21.3 Å². The lowest BCUT2D eigenvalue weighted by molar-refractivity contribution is 0.190. The normalized spacial score (nSPS) is 12.6. The van der Waals surface area contributed by atoms with Gasteiger partial charge in [0, 0.05) is 18.8 Å². The molecule has 0 bridgehead atoms. The highest BCUT2D eigenvalue weighted by atomic mass is 16.5. The SMILES string of the molecule is COCC(C)Nc1ccc2ccccc2c1. The van der Waals surface area contributed by atoms with Crippen LogP contribution < -0.4 is 5.32 Å². The number of benzene rings is 2. The molecule has 2 nitrogen and oxygen atoms in total. The second-order valence-corrected chi connectivity index (χ2v) is 4.06. The zero-order valence-electron chi connectivity index (χ0n) is 9.73. The van der Waals surface area contributed by atoms with Crippen LogP contribution in [0, 0.1) is 0 Å². The Hall–Kier alpha value is -1.54. The van der Waals surface area contributed by atoms with Gasteiger partial charge in [0.25, 0.3) is 0 Å². The third kappa shape index (κ3) is 2.52. The van der Waals surface area contributed by atoms with Crippen LogP contribution in [0.2, 0.25) is 0 Å². The van der Waals surface area contributed by atoms with E-state index in [0.29, 0.717) is 12.6 Å². The largest absolute Gasteiger partial charge is 0.383 e. The van der Waals surface area contributed by atoms with Crippen molar-refractivity contribution in [2.75, 3.05) is 19.0 Å². The van der Waals surface area contributed by atoms with Crippen LogP contribution in [0.4, 0.5) is 5.69 Å². The molecule has 0 aliphatic heterocycles. The molecule has 0 saturated carbocycles. The van der Waals surface area contributed by atoms with Gasteiger partial charge < -0.3 is 10.1 Å². The Morgan fingerprint density at radius 2 is 1.88 bits per heavy atom. The molecule has 84 valence electrons. The zero-order chi connectivity index (χ0) is 11.4. The molecule has 1 unspecified atom stereocenters. The fourth-order valence-electron chi connectivity index (χ4n) is 1.86. The van der Waals surface area contributed by atoms with Crippen molar-refractivity contribution in [3.8, 4) is 0 Å². The standard InChI is InChI=1S/C14H17NO/c1-11(10-16-2)15-14-8-7-12-5-3-4-6-13(12)9-14/h3-9,11,15H,10H2,1-2H3. The van der Waals surface area contributed by atoms with Gasteiger partial charge in [-0.2, -0.15) is 0 Å². The predicted octanol–water partition coefficient (Wildman–Crippen LogP) is 3.29. The van der Waals surface area contributed by atoms with Crippen molar-refractivity contribution in [3.63, 3.8) is 0 Å². The lowest BCUT2D eigenvalue weighted by Gasteiger charge is -2.14. The summed E-state index contributed by atoms with van der Waals surface area (Å²) in [7, 11) is 1.72. The van der Waals surface area contributed by atoms with Crippen molar-refractivity contribution in [3.05, 3.63) is 42.5 Å². The van der Waals surface area contributed by atoms with Crippen LogP contribution in [0.3, 0.4) is 0 Å². The van der Waals surface area contributed by atoms with Crippen molar-refractivity contribution in [2.45, 2.75) is 13.0 Å². The van der Waals surface area contributed by atoms with E-state index in [2.05, 4.69) is 54.7 Å². The average molecular weight is 215 g/mol. The van der Waals surface area contributed by atoms with Gasteiger partial charge in [0.2, 0.25) is 0 Å². The molecule has 1 atom stereocenters. The van der Waals surface area contributed by atoms with Gasteiger partial charge in [-0.1, -0.05) is 30.3 Å². The second-order valence-electron chi connectivity index (χ2n) is 4.06. The summed E-state index contributed by atoms with van der Waals surface area (Å²) >= 11 is 0. The van der Waals surface area contributed by atoms with E-state index in [-0.39, 0.29) is 0 Å². The summed E-state index contributed by atoms with van der Waals surface area (Å²) in [4.78, 5) is 0. The number of ether oxygens (including phenoxy) is 1. The molecule has 2 heteroatoms. The van der Waals surface area contributed by atoms with Gasteiger partial charge in [-0.3, -0.25) is 0 Å². The van der Waals surface area contributed by atoms with Gasteiger partial charge in [-0.05, 0) is 29.8 Å². The summed E-state index contributed by atoms with van der Waals surface area (Å²) in [5.41, 5.74) is 1.14. The Balaban J connectivity index is 2.19. The number of methoxy groups -OCH3 is 1. The Labute approximate surface area is 96.2 Å². The highest BCUT2D eigenvalue weighted by molar-refractivity contribution is 5.85. The zero-order valence-corrected chi connectivity index (χ0v) is 9.73. The molecule has 2 aromatic rings. The molecule has 0 aromatic heterocycles. The first-order valence-corrected chi connectivity index (χ1v) is 5.54. The van der Waals surface area contributed by atoms with Crippen LogP contribution in [0.5, 0.6) is 0 Å². The number of rotatable bonds is 4. The quantitative estimate of drug-likeness (QED) is 0.845. The van der Waals surface area contributed by atoms with Gasteiger partial charge in [0.15, 0.2) is 0 Å². The minimum atomic E-state index is 0.325. The minimum absolute atomic E-state index is 0.325. The van der Waals surface area contributed by atoms with E-state index in [9.17, 15) is 0 Å². The lowest BCUT2D eigenvalue weighted by atomic mass is 10.1. The fourth-order valence-corrected chi connectivity index (χ4v) is 1.86. The molecule has 0 amide bonds. The number of nitrogens with one attached hydrogen (secondary N) is 1. The maximum absolute atomic E-state index is 5.10. The Morgan fingerprint density at radius 3 is 2.62 bits per heavy atom. The summed E-state index contributed by atoms with van der Waals surface area (Å²) in [6, 6.07) is 15.1. The van der Waals surface area contributed by atoms with Gasteiger partial charge in [0.05, 0.1) is 6.61 Å². The van der Waals surface area contributed by atoms with Crippen molar-refractivity contribution >= 4 is 16.5 Å². The number of hydrogen-bond acceptors (Lipinski definition) is 2. The highest BCUT2D eigenvalue weighted by Gasteiger charge is 2.01. The molecule has 0 fully saturated rings. The molecule has 0 radical (unpaired) electrons. The molecule has 0 aliphatic carbocycles. The minimum Gasteiger partial charge on any atom is -0.383 e. The van der Waals surface area contributed by atoms with Crippen LogP contribution in [-0.2, 0) is 4.74 Å². The second kappa shape index (κ2) is 4.99. The number of anilines is 1. The summed E-state index contributed by atoms with van der Waals surface area (Å²) in [6.07, 6.45) is 0. The maximum Gasteiger partial charge on any atom is 0.0661 e. The predicted molar refractivity (Wildman–Crippen MR) is 68.9 cm³/mol. The van der Waals surface area contributed by atoms with E-state index in [1.807, 2.05) is 0 Å².